The molecule has 5 nitrogen and oxygen atoms in total. The van der Waals surface area contributed by atoms with E-state index < -0.39 is 6.10 Å². The van der Waals surface area contributed by atoms with Crippen LogP contribution in [0.25, 0.3) is 0 Å². The van der Waals surface area contributed by atoms with Crippen LogP contribution in [-0.2, 0) is 0 Å². The van der Waals surface area contributed by atoms with Crippen LogP contribution in [0.1, 0.15) is 30.2 Å². The Bertz CT molecular complexity index is 551. The first-order valence-electron chi connectivity index (χ1n) is 7.08. The number of aliphatic hydroxyl groups is 1. The Hall–Kier alpha value is -1.85. The van der Waals surface area contributed by atoms with Gasteiger partial charge in [-0.2, -0.15) is 0 Å². The van der Waals surface area contributed by atoms with E-state index in [0.717, 1.165) is 11.5 Å². The molecule has 2 unspecified atom stereocenters. The Labute approximate surface area is 125 Å². The molecule has 0 saturated carbocycles. The minimum absolute atomic E-state index is 0.0484. The van der Waals surface area contributed by atoms with Gasteiger partial charge in [0.2, 0.25) is 5.89 Å². The monoisotopic (exact) mass is 290 g/mol. The first-order valence-corrected chi connectivity index (χ1v) is 7.08. The number of nitrogens with zero attached hydrogens (tertiary/aromatic N) is 1. The molecule has 2 atom stereocenters. The second kappa shape index (κ2) is 7.24. The van der Waals surface area contributed by atoms with E-state index in [1.807, 2.05) is 45.0 Å². The number of ether oxygens (including phenoxy) is 1. The lowest BCUT2D eigenvalue weighted by atomic mass is 10.2. The average molecular weight is 290 g/mol. The van der Waals surface area contributed by atoms with E-state index in [1.165, 1.54) is 5.56 Å². The van der Waals surface area contributed by atoms with Gasteiger partial charge in [0, 0.05) is 6.54 Å². The highest BCUT2D eigenvalue weighted by Crippen LogP contribution is 2.13. The van der Waals surface area contributed by atoms with E-state index in [-0.39, 0.29) is 12.6 Å². The summed E-state index contributed by atoms with van der Waals surface area (Å²) in [6.07, 6.45) is 1.09. The maximum atomic E-state index is 9.93. The second-order valence-electron chi connectivity index (χ2n) is 5.22. The standard InChI is InChI=1S/C16H22N2O3/c1-11-4-6-15(7-5-11)20-10-14(19)9-17-13(3)16-18-8-12(2)21-16/h4-8,13-14,17,19H,9-10H2,1-3H3. The van der Waals surface area contributed by atoms with E-state index in [0.29, 0.717) is 12.4 Å². The zero-order valence-electron chi connectivity index (χ0n) is 12.7. The van der Waals surface area contributed by atoms with Gasteiger partial charge >= 0.3 is 0 Å². The molecule has 0 aliphatic carbocycles. The maximum Gasteiger partial charge on any atom is 0.211 e. The van der Waals surface area contributed by atoms with Crippen LogP contribution in [-0.4, -0.2) is 29.3 Å². The fraction of sp³-hybridized carbons (Fsp3) is 0.438. The van der Waals surface area contributed by atoms with Crippen molar-refractivity contribution < 1.29 is 14.3 Å². The summed E-state index contributed by atoms with van der Waals surface area (Å²) in [5, 5.41) is 13.1. The third-order valence-corrected chi connectivity index (χ3v) is 3.13. The molecule has 2 rings (SSSR count). The summed E-state index contributed by atoms with van der Waals surface area (Å²) in [6, 6.07) is 7.70. The number of hydrogen-bond acceptors (Lipinski definition) is 5. The van der Waals surface area contributed by atoms with E-state index in [4.69, 9.17) is 9.15 Å². The summed E-state index contributed by atoms with van der Waals surface area (Å²) in [5.74, 6) is 2.16. The number of rotatable bonds is 7. The number of nitrogens with one attached hydrogen (secondary N) is 1. The van der Waals surface area contributed by atoms with Crippen molar-refractivity contribution >= 4 is 0 Å². The van der Waals surface area contributed by atoms with Crippen LogP contribution in [0, 0.1) is 13.8 Å². The quantitative estimate of drug-likeness (QED) is 0.819. The zero-order chi connectivity index (χ0) is 15.2. The predicted octanol–water partition coefficient (Wildman–Crippen LogP) is 2.38. The van der Waals surface area contributed by atoms with E-state index >= 15 is 0 Å². The van der Waals surface area contributed by atoms with Crippen molar-refractivity contribution in [1.82, 2.24) is 10.3 Å². The minimum atomic E-state index is -0.593. The van der Waals surface area contributed by atoms with Crippen LogP contribution in [0.3, 0.4) is 0 Å². The smallest absolute Gasteiger partial charge is 0.211 e. The van der Waals surface area contributed by atoms with Crippen molar-refractivity contribution in [2.24, 2.45) is 0 Å². The van der Waals surface area contributed by atoms with E-state index in [1.54, 1.807) is 6.20 Å². The Morgan fingerprint density at radius 2 is 2.00 bits per heavy atom. The summed E-state index contributed by atoms with van der Waals surface area (Å²) in [5.41, 5.74) is 1.18. The van der Waals surface area contributed by atoms with Crippen molar-refractivity contribution in [2.75, 3.05) is 13.2 Å². The van der Waals surface area contributed by atoms with Gasteiger partial charge in [0.05, 0.1) is 12.2 Å². The van der Waals surface area contributed by atoms with Crippen LogP contribution in [0.15, 0.2) is 34.9 Å². The first-order chi connectivity index (χ1) is 10.0. The molecule has 0 aliphatic rings. The molecule has 0 saturated heterocycles. The lowest BCUT2D eigenvalue weighted by Gasteiger charge is -2.15. The van der Waals surface area contributed by atoms with Crippen molar-refractivity contribution in [1.29, 1.82) is 0 Å². The molecule has 1 aromatic carbocycles. The van der Waals surface area contributed by atoms with Gasteiger partial charge in [-0.05, 0) is 32.9 Å². The van der Waals surface area contributed by atoms with Gasteiger partial charge in [-0.25, -0.2) is 4.98 Å². The summed E-state index contributed by atoms with van der Waals surface area (Å²) in [6.45, 7) is 6.47. The molecule has 0 spiro atoms. The molecule has 21 heavy (non-hydrogen) atoms. The number of hydrogen-bond donors (Lipinski definition) is 2. The van der Waals surface area contributed by atoms with E-state index in [2.05, 4.69) is 10.3 Å². The van der Waals surface area contributed by atoms with Crippen LogP contribution >= 0.6 is 0 Å². The first kappa shape index (κ1) is 15.5. The molecule has 114 valence electrons. The van der Waals surface area contributed by atoms with Gasteiger partial charge < -0.3 is 19.6 Å². The van der Waals surface area contributed by atoms with Gasteiger partial charge in [-0.15, -0.1) is 0 Å². The third-order valence-electron chi connectivity index (χ3n) is 3.13. The number of oxazole rings is 1. The zero-order valence-corrected chi connectivity index (χ0v) is 12.7. The molecule has 0 aliphatic heterocycles. The molecular weight excluding hydrogens is 268 g/mol. The lowest BCUT2D eigenvalue weighted by molar-refractivity contribution is 0.103. The highest BCUT2D eigenvalue weighted by molar-refractivity contribution is 5.26. The Balaban J connectivity index is 1.72. The molecule has 0 amide bonds. The number of aromatic nitrogens is 1. The predicted molar refractivity (Wildman–Crippen MR) is 80.3 cm³/mol. The Morgan fingerprint density at radius 3 is 2.62 bits per heavy atom. The summed E-state index contributed by atoms with van der Waals surface area (Å²) >= 11 is 0. The Kier molecular flexibility index (Phi) is 5.36. The molecule has 5 heteroatoms. The van der Waals surface area contributed by atoms with Gasteiger partial charge in [-0.3, -0.25) is 0 Å². The normalized spacial score (nSPS) is 13.9. The van der Waals surface area contributed by atoms with E-state index in [9.17, 15) is 5.11 Å². The Morgan fingerprint density at radius 1 is 1.29 bits per heavy atom. The molecule has 2 N–H and O–H groups in total. The molecule has 1 aromatic heterocycles. The van der Waals surface area contributed by atoms with Crippen LogP contribution in [0.5, 0.6) is 5.75 Å². The molecule has 1 heterocycles. The van der Waals surface area contributed by atoms with Gasteiger partial charge in [0.1, 0.15) is 24.2 Å². The third kappa shape index (κ3) is 4.88. The molecule has 0 fully saturated rings. The molecule has 0 bridgehead atoms. The number of aliphatic hydroxyl groups excluding tert-OH is 1. The second-order valence-corrected chi connectivity index (χ2v) is 5.22. The van der Waals surface area contributed by atoms with Crippen molar-refractivity contribution in [3.63, 3.8) is 0 Å². The van der Waals surface area contributed by atoms with Crippen LogP contribution in [0.4, 0.5) is 0 Å². The highest BCUT2D eigenvalue weighted by atomic mass is 16.5. The van der Waals surface area contributed by atoms with Gasteiger partial charge in [-0.1, -0.05) is 17.7 Å². The minimum Gasteiger partial charge on any atom is -0.491 e. The van der Waals surface area contributed by atoms with Crippen LogP contribution < -0.4 is 10.1 Å². The SMILES string of the molecule is Cc1ccc(OCC(O)CNC(C)c2ncc(C)o2)cc1. The fourth-order valence-corrected chi connectivity index (χ4v) is 1.86. The molecule has 2 aromatic rings. The highest BCUT2D eigenvalue weighted by Gasteiger charge is 2.13. The maximum absolute atomic E-state index is 9.93. The molecular formula is C16H22N2O3. The lowest BCUT2D eigenvalue weighted by Crippen LogP contribution is -2.33. The van der Waals surface area contributed by atoms with Crippen LogP contribution in [0.2, 0.25) is 0 Å². The number of benzene rings is 1. The van der Waals surface area contributed by atoms with Gasteiger partial charge in [0.15, 0.2) is 0 Å². The van der Waals surface area contributed by atoms with Gasteiger partial charge in [0.25, 0.3) is 0 Å². The van der Waals surface area contributed by atoms with Crippen molar-refractivity contribution in [3.8, 4) is 5.75 Å². The largest absolute Gasteiger partial charge is 0.491 e. The number of aryl methyl sites for hydroxylation is 2. The summed E-state index contributed by atoms with van der Waals surface area (Å²) in [7, 11) is 0. The molecule has 0 radical (unpaired) electrons. The fourth-order valence-electron chi connectivity index (χ4n) is 1.86. The summed E-state index contributed by atoms with van der Waals surface area (Å²) in [4.78, 5) is 4.15. The topological polar surface area (TPSA) is 67.5 Å². The van der Waals surface area contributed by atoms with Crippen molar-refractivity contribution in [2.45, 2.75) is 32.9 Å². The summed E-state index contributed by atoms with van der Waals surface area (Å²) < 4.78 is 11.0. The average Bonchev–Trinajstić information content (AvgIpc) is 2.91. The van der Waals surface area contributed by atoms with Crippen molar-refractivity contribution in [3.05, 3.63) is 47.7 Å².